The molecule has 0 saturated carbocycles. The molecule has 1 N–H and O–H groups in total. The van der Waals surface area contributed by atoms with Crippen molar-refractivity contribution in [2.75, 3.05) is 32.5 Å². The minimum Gasteiger partial charge on any atom is -0.383 e. The lowest BCUT2D eigenvalue weighted by Gasteiger charge is -2.29. The molecule has 0 spiro atoms. The Labute approximate surface area is 114 Å². The van der Waals surface area contributed by atoms with Crippen molar-refractivity contribution >= 4 is 17.3 Å². The average molecular weight is 266 g/mol. The number of rotatable bonds is 5. The third kappa shape index (κ3) is 4.56. The second kappa shape index (κ2) is 6.08. The van der Waals surface area contributed by atoms with Gasteiger partial charge in [0.05, 0.1) is 11.3 Å². The van der Waals surface area contributed by atoms with Gasteiger partial charge in [-0.2, -0.15) is 5.26 Å². The standard InChI is InChI=1S/C14H20ClN3/c1-14(2,10-18(3)4)9-17-13-7-12(15)6-5-11(13)8-16/h5-7,17H,9-10H2,1-4H3. The Balaban J connectivity index is 2.74. The Morgan fingerprint density at radius 3 is 2.61 bits per heavy atom. The lowest BCUT2D eigenvalue weighted by atomic mass is 9.92. The number of hydrogen-bond donors (Lipinski definition) is 1. The Kier molecular flexibility index (Phi) is 5.01. The molecule has 4 heteroatoms. The molecule has 18 heavy (non-hydrogen) atoms. The highest BCUT2D eigenvalue weighted by atomic mass is 35.5. The van der Waals surface area contributed by atoms with E-state index in [-0.39, 0.29) is 5.41 Å². The summed E-state index contributed by atoms with van der Waals surface area (Å²) in [6.07, 6.45) is 0. The molecule has 0 aromatic heterocycles. The quantitative estimate of drug-likeness (QED) is 0.889. The van der Waals surface area contributed by atoms with Crippen molar-refractivity contribution < 1.29 is 0 Å². The van der Waals surface area contributed by atoms with Gasteiger partial charge in [0.2, 0.25) is 0 Å². The van der Waals surface area contributed by atoms with Crippen LogP contribution in [-0.4, -0.2) is 32.1 Å². The SMILES string of the molecule is CN(C)CC(C)(C)CNc1cc(Cl)ccc1C#N. The van der Waals surface area contributed by atoms with Crippen molar-refractivity contribution in [1.82, 2.24) is 4.90 Å². The number of anilines is 1. The zero-order chi connectivity index (χ0) is 13.8. The van der Waals surface area contributed by atoms with Crippen LogP contribution < -0.4 is 5.32 Å². The van der Waals surface area contributed by atoms with Crippen LogP contribution in [0.15, 0.2) is 18.2 Å². The van der Waals surface area contributed by atoms with E-state index in [1.54, 1.807) is 18.2 Å². The Morgan fingerprint density at radius 2 is 2.06 bits per heavy atom. The van der Waals surface area contributed by atoms with E-state index in [4.69, 9.17) is 16.9 Å². The fourth-order valence-electron chi connectivity index (χ4n) is 2.01. The van der Waals surface area contributed by atoms with Crippen molar-refractivity contribution in [3.8, 4) is 6.07 Å². The van der Waals surface area contributed by atoms with Gasteiger partial charge in [0.25, 0.3) is 0 Å². The summed E-state index contributed by atoms with van der Waals surface area (Å²) in [5.41, 5.74) is 1.55. The summed E-state index contributed by atoms with van der Waals surface area (Å²) in [6, 6.07) is 7.44. The second-order valence-corrected chi connectivity index (χ2v) is 5.99. The monoisotopic (exact) mass is 265 g/mol. The van der Waals surface area contributed by atoms with Gasteiger partial charge >= 0.3 is 0 Å². The summed E-state index contributed by atoms with van der Waals surface area (Å²) in [5.74, 6) is 0. The summed E-state index contributed by atoms with van der Waals surface area (Å²) < 4.78 is 0. The highest BCUT2D eigenvalue weighted by molar-refractivity contribution is 6.30. The summed E-state index contributed by atoms with van der Waals surface area (Å²) in [7, 11) is 4.11. The predicted molar refractivity (Wildman–Crippen MR) is 77.0 cm³/mol. The van der Waals surface area contributed by atoms with Crippen molar-refractivity contribution in [3.63, 3.8) is 0 Å². The van der Waals surface area contributed by atoms with E-state index >= 15 is 0 Å². The first-order valence-electron chi connectivity index (χ1n) is 5.92. The molecule has 98 valence electrons. The van der Waals surface area contributed by atoms with Gasteiger partial charge in [-0.25, -0.2) is 0 Å². The van der Waals surface area contributed by atoms with Gasteiger partial charge in [-0.1, -0.05) is 25.4 Å². The molecule has 1 rings (SSSR count). The number of nitrogens with zero attached hydrogens (tertiary/aromatic N) is 2. The summed E-state index contributed by atoms with van der Waals surface area (Å²) >= 11 is 5.95. The third-order valence-electron chi connectivity index (χ3n) is 2.60. The Hall–Kier alpha value is -1.24. The fraction of sp³-hybridized carbons (Fsp3) is 0.500. The Bertz CT molecular complexity index is 447. The maximum atomic E-state index is 9.04. The smallest absolute Gasteiger partial charge is 0.101 e. The molecular weight excluding hydrogens is 246 g/mol. The van der Waals surface area contributed by atoms with Crippen LogP contribution in [0.1, 0.15) is 19.4 Å². The van der Waals surface area contributed by atoms with Crippen molar-refractivity contribution in [1.29, 1.82) is 5.26 Å². The molecule has 0 amide bonds. The predicted octanol–water partition coefficient (Wildman–Crippen LogP) is 3.21. The van der Waals surface area contributed by atoms with E-state index in [0.29, 0.717) is 10.6 Å². The molecule has 1 aromatic carbocycles. The van der Waals surface area contributed by atoms with Crippen LogP contribution in [0.25, 0.3) is 0 Å². The number of nitriles is 1. The summed E-state index contributed by atoms with van der Waals surface area (Å²) in [5, 5.41) is 13.0. The molecule has 0 aliphatic rings. The number of halogens is 1. The first-order chi connectivity index (χ1) is 8.34. The van der Waals surface area contributed by atoms with E-state index in [9.17, 15) is 0 Å². The second-order valence-electron chi connectivity index (χ2n) is 5.56. The lowest BCUT2D eigenvalue weighted by Crippen LogP contribution is -2.34. The molecule has 0 radical (unpaired) electrons. The summed E-state index contributed by atoms with van der Waals surface area (Å²) in [4.78, 5) is 2.16. The molecule has 3 nitrogen and oxygen atoms in total. The first kappa shape index (κ1) is 14.8. The van der Waals surface area contributed by atoms with Crippen molar-refractivity contribution in [2.24, 2.45) is 5.41 Å². The van der Waals surface area contributed by atoms with Gasteiger partial charge in [0.1, 0.15) is 6.07 Å². The topological polar surface area (TPSA) is 39.1 Å². The highest BCUT2D eigenvalue weighted by Gasteiger charge is 2.19. The maximum Gasteiger partial charge on any atom is 0.101 e. The zero-order valence-electron chi connectivity index (χ0n) is 11.4. The van der Waals surface area contributed by atoms with Crippen LogP contribution in [0.5, 0.6) is 0 Å². The molecule has 0 unspecified atom stereocenters. The van der Waals surface area contributed by atoms with Gasteiger partial charge in [-0.15, -0.1) is 0 Å². The maximum absolute atomic E-state index is 9.04. The van der Waals surface area contributed by atoms with Crippen LogP contribution in [0, 0.1) is 16.7 Å². The molecule has 0 heterocycles. The van der Waals surface area contributed by atoms with Crippen LogP contribution in [-0.2, 0) is 0 Å². The van der Waals surface area contributed by atoms with E-state index in [0.717, 1.165) is 18.8 Å². The minimum atomic E-state index is 0.124. The molecular formula is C14H20ClN3. The largest absolute Gasteiger partial charge is 0.383 e. The van der Waals surface area contributed by atoms with Gasteiger partial charge in [0.15, 0.2) is 0 Å². The van der Waals surface area contributed by atoms with E-state index in [2.05, 4.69) is 44.2 Å². The average Bonchev–Trinajstić information content (AvgIpc) is 2.25. The molecule has 0 saturated heterocycles. The zero-order valence-corrected chi connectivity index (χ0v) is 12.2. The van der Waals surface area contributed by atoms with Gasteiger partial charge in [-0.3, -0.25) is 0 Å². The van der Waals surface area contributed by atoms with Crippen molar-refractivity contribution in [2.45, 2.75) is 13.8 Å². The summed E-state index contributed by atoms with van der Waals surface area (Å²) in [6.45, 7) is 6.15. The first-order valence-corrected chi connectivity index (χ1v) is 6.30. The molecule has 0 aliphatic heterocycles. The van der Waals surface area contributed by atoms with Crippen LogP contribution >= 0.6 is 11.6 Å². The molecule has 0 atom stereocenters. The van der Waals surface area contributed by atoms with Crippen molar-refractivity contribution in [3.05, 3.63) is 28.8 Å². The van der Waals surface area contributed by atoms with E-state index in [1.165, 1.54) is 0 Å². The Morgan fingerprint density at radius 1 is 1.39 bits per heavy atom. The molecule has 0 aliphatic carbocycles. The number of nitrogens with one attached hydrogen (secondary N) is 1. The van der Waals surface area contributed by atoms with E-state index in [1.807, 2.05) is 0 Å². The molecule has 0 bridgehead atoms. The van der Waals surface area contributed by atoms with Crippen LogP contribution in [0.4, 0.5) is 5.69 Å². The van der Waals surface area contributed by atoms with Crippen LogP contribution in [0.2, 0.25) is 5.02 Å². The van der Waals surface area contributed by atoms with Gasteiger partial charge < -0.3 is 10.2 Å². The normalized spacial score (nSPS) is 11.4. The van der Waals surface area contributed by atoms with Crippen LogP contribution in [0.3, 0.4) is 0 Å². The van der Waals surface area contributed by atoms with Gasteiger partial charge in [-0.05, 0) is 37.7 Å². The van der Waals surface area contributed by atoms with E-state index < -0.39 is 0 Å². The highest BCUT2D eigenvalue weighted by Crippen LogP contribution is 2.23. The fourth-order valence-corrected chi connectivity index (χ4v) is 2.18. The lowest BCUT2D eigenvalue weighted by molar-refractivity contribution is 0.254. The minimum absolute atomic E-state index is 0.124. The molecule has 0 fully saturated rings. The molecule has 1 aromatic rings. The number of benzene rings is 1. The van der Waals surface area contributed by atoms with Gasteiger partial charge in [0, 0.05) is 18.1 Å². The third-order valence-corrected chi connectivity index (χ3v) is 2.84. The number of hydrogen-bond acceptors (Lipinski definition) is 3.